The number of hydrogen-bond acceptors (Lipinski definition) is 3. The van der Waals surface area contributed by atoms with Gasteiger partial charge in [0, 0.05) is 18.8 Å². The first-order valence-electron chi connectivity index (χ1n) is 6.24. The second-order valence-corrected chi connectivity index (χ2v) is 4.37. The number of aryl methyl sites for hydroxylation is 1. The van der Waals surface area contributed by atoms with Crippen LogP contribution in [0.25, 0.3) is 0 Å². The van der Waals surface area contributed by atoms with Gasteiger partial charge in [-0.25, -0.2) is 9.97 Å². The number of nitrogens with one attached hydrogen (secondary N) is 1. The molecule has 0 aliphatic heterocycles. The molecule has 1 heterocycles. The lowest BCUT2D eigenvalue weighted by Crippen LogP contribution is -2.25. The van der Waals surface area contributed by atoms with Crippen molar-refractivity contribution in [1.82, 2.24) is 15.3 Å². The van der Waals surface area contributed by atoms with Gasteiger partial charge in [-0.3, -0.25) is 0 Å². The van der Waals surface area contributed by atoms with Crippen LogP contribution in [0.3, 0.4) is 0 Å². The van der Waals surface area contributed by atoms with E-state index in [-0.39, 0.29) is 0 Å². The molecule has 16 heavy (non-hydrogen) atoms. The predicted molar refractivity (Wildman–Crippen MR) is 67.2 cm³/mol. The predicted octanol–water partition coefficient (Wildman–Crippen LogP) is 2.84. The monoisotopic (exact) mass is 221 g/mol. The largest absolute Gasteiger partial charge is 0.309 e. The smallest absolute Gasteiger partial charge is 0.125 e. The van der Waals surface area contributed by atoms with Crippen LogP contribution in [-0.2, 0) is 6.54 Å². The van der Waals surface area contributed by atoms with Crippen LogP contribution in [0.1, 0.15) is 51.0 Å². The molecular formula is C13H23N3. The zero-order valence-corrected chi connectivity index (χ0v) is 10.7. The molecule has 0 saturated heterocycles. The van der Waals surface area contributed by atoms with E-state index in [0.29, 0.717) is 6.04 Å². The maximum atomic E-state index is 4.37. The Kier molecular flexibility index (Phi) is 6.01. The highest BCUT2D eigenvalue weighted by Gasteiger charge is 2.02. The summed E-state index contributed by atoms with van der Waals surface area (Å²) in [4.78, 5) is 8.46. The fourth-order valence-electron chi connectivity index (χ4n) is 1.68. The minimum absolute atomic E-state index is 0.571. The highest BCUT2D eigenvalue weighted by atomic mass is 14.9. The third kappa shape index (κ3) is 5.21. The van der Waals surface area contributed by atoms with Gasteiger partial charge in [-0.1, -0.05) is 26.2 Å². The van der Waals surface area contributed by atoms with Crippen molar-refractivity contribution < 1.29 is 0 Å². The van der Waals surface area contributed by atoms with Crippen molar-refractivity contribution in [3.63, 3.8) is 0 Å². The van der Waals surface area contributed by atoms with Crippen LogP contribution in [0.5, 0.6) is 0 Å². The fourth-order valence-corrected chi connectivity index (χ4v) is 1.68. The normalized spacial score (nSPS) is 12.7. The van der Waals surface area contributed by atoms with Crippen LogP contribution in [0.2, 0.25) is 0 Å². The Morgan fingerprint density at radius 3 is 2.88 bits per heavy atom. The fraction of sp³-hybridized carbons (Fsp3) is 0.692. The van der Waals surface area contributed by atoms with Gasteiger partial charge < -0.3 is 5.32 Å². The maximum Gasteiger partial charge on any atom is 0.125 e. The molecule has 1 atom stereocenters. The van der Waals surface area contributed by atoms with Crippen LogP contribution >= 0.6 is 0 Å². The first-order chi connectivity index (χ1) is 7.72. The third-order valence-corrected chi connectivity index (χ3v) is 2.71. The first-order valence-corrected chi connectivity index (χ1v) is 6.24. The zero-order valence-electron chi connectivity index (χ0n) is 10.7. The summed E-state index contributed by atoms with van der Waals surface area (Å²) < 4.78 is 0. The molecule has 1 rings (SSSR count). The maximum absolute atomic E-state index is 4.37. The summed E-state index contributed by atoms with van der Waals surface area (Å²) in [6.07, 6.45) is 7.00. The third-order valence-electron chi connectivity index (χ3n) is 2.71. The van der Waals surface area contributed by atoms with E-state index < -0.39 is 0 Å². The number of nitrogens with zero attached hydrogens (tertiary/aromatic N) is 2. The minimum atomic E-state index is 0.571. The van der Waals surface area contributed by atoms with Crippen LogP contribution in [-0.4, -0.2) is 16.0 Å². The molecule has 0 bridgehead atoms. The van der Waals surface area contributed by atoms with Gasteiger partial charge in [0.2, 0.25) is 0 Å². The second kappa shape index (κ2) is 7.34. The molecule has 0 spiro atoms. The van der Waals surface area contributed by atoms with Crippen LogP contribution in [0.15, 0.2) is 12.3 Å². The topological polar surface area (TPSA) is 37.8 Å². The Hall–Kier alpha value is -0.960. The molecule has 0 fully saturated rings. The lowest BCUT2D eigenvalue weighted by atomic mass is 10.1. The molecule has 1 aromatic heterocycles. The molecule has 0 aromatic carbocycles. The van der Waals surface area contributed by atoms with Gasteiger partial charge in [-0.2, -0.15) is 0 Å². The van der Waals surface area contributed by atoms with Gasteiger partial charge in [0.25, 0.3) is 0 Å². The van der Waals surface area contributed by atoms with Crippen molar-refractivity contribution in [2.75, 3.05) is 0 Å². The lowest BCUT2D eigenvalue weighted by molar-refractivity contribution is 0.483. The van der Waals surface area contributed by atoms with Crippen molar-refractivity contribution in [3.8, 4) is 0 Å². The average Bonchev–Trinajstić information content (AvgIpc) is 2.27. The van der Waals surface area contributed by atoms with E-state index in [1.807, 2.05) is 19.2 Å². The van der Waals surface area contributed by atoms with Gasteiger partial charge in [-0.15, -0.1) is 0 Å². The second-order valence-electron chi connectivity index (χ2n) is 4.37. The Balaban J connectivity index is 2.23. The molecule has 0 saturated carbocycles. The molecular weight excluding hydrogens is 198 g/mol. The summed E-state index contributed by atoms with van der Waals surface area (Å²) in [5, 5.41) is 3.49. The Labute approximate surface area is 98.7 Å². The highest BCUT2D eigenvalue weighted by molar-refractivity contribution is 5.01. The molecule has 0 radical (unpaired) electrons. The van der Waals surface area contributed by atoms with Gasteiger partial charge >= 0.3 is 0 Å². The summed E-state index contributed by atoms with van der Waals surface area (Å²) in [5.41, 5.74) is 1.08. The SMILES string of the molecule is CCCCCC(C)NCc1ccnc(C)n1. The first kappa shape index (κ1) is 13.1. The molecule has 3 heteroatoms. The number of hydrogen-bond donors (Lipinski definition) is 1. The van der Waals surface area contributed by atoms with Crippen molar-refractivity contribution >= 4 is 0 Å². The van der Waals surface area contributed by atoms with E-state index in [1.54, 1.807) is 0 Å². The summed E-state index contributed by atoms with van der Waals surface area (Å²) in [5.74, 6) is 0.845. The Bertz CT molecular complexity index is 299. The van der Waals surface area contributed by atoms with Gasteiger partial charge in [-0.05, 0) is 26.3 Å². The molecule has 0 aliphatic rings. The summed E-state index contributed by atoms with van der Waals surface area (Å²) in [7, 11) is 0. The van der Waals surface area contributed by atoms with E-state index in [1.165, 1.54) is 25.7 Å². The molecule has 0 amide bonds. The molecule has 1 N–H and O–H groups in total. The standard InChI is InChI=1S/C13H23N3/c1-4-5-6-7-11(2)15-10-13-8-9-14-12(3)16-13/h8-9,11,15H,4-7,10H2,1-3H3. The molecule has 1 aromatic rings. The number of unbranched alkanes of at least 4 members (excludes halogenated alkanes) is 2. The van der Waals surface area contributed by atoms with E-state index in [4.69, 9.17) is 0 Å². The Morgan fingerprint density at radius 1 is 1.38 bits per heavy atom. The zero-order chi connectivity index (χ0) is 11.8. The molecule has 3 nitrogen and oxygen atoms in total. The number of rotatable bonds is 7. The average molecular weight is 221 g/mol. The highest BCUT2D eigenvalue weighted by Crippen LogP contribution is 2.03. The number of aromatic nitrogens is 2. The molecule has 1 unspecified atom stereocenters. The van der Waals surface area contributed by atoms with Gasteiger partial charge in [0.15, 0.2) is 0 Å². The molecule has 90 valence electrons. The Morgan fingerprint density at radius 2 is 2.19 bits per heavy atom. The van der Waals surface area contributed by atoms with E-state index in [2.05, 4.69) is 29.1 Å². The van der Waals surface area contributed by atoms with Crippen LogP contribution < -0.4 is 5.32 Å². The lowest BCUT2D eigenvalue weighted by Gasteiger charge is -2.13. The van der Waals surface area contributed by atoms with E-state index in [9.17, 15) is 0 Å². The summed E-state index contributed by atoms with van der Waals surface area (Å²) in [6, 6.07) is 2.54. The van der Waals surface area contributed by atoms with Crippen LogP contribution in [0, 0.1) is 6.92 Å². The van der Waals surface area contributed by atoms with Gasteiger partial charge in [0.05, 0.1) is 5.69 Å². The molecule has 0 aliphatic carbocycles. The summed E-state index contributed by atoms with van der Waals surface area (Å²) in [6.45, 7) is 7.25. The van der Waals surface area contributed by atoms with Crippen molar-refractivity contribution in [2.24, 2.45) is 0 Å². The van der Waals surface area contributed by atoms with Gasteiger partial charge in [0.1, 0.15) is 5.82 Å². The van der Waals surface area contributed by atoms with Crippen molar-refractivity contribution in [1.29, 1.82) is 0 Å². The van der Waals surface area contributed by atoms with E-state index >= 15 is 0 Å². The van der Waals surface area contributed by atoms with Crippen molar-refractivity contribution in [3.05, 3.63) is 23.8 Å². The minimum Gasteiger partial charge on any atom is -0.309 e. The summed E-state index contributed by atoms with van der Waals surface area (Å²) >= 11 is 0. The van der Waals surface area contributed by atoms with Crippen molar-refractivity contribution in [2.45, 2.75) is 59.0 Å². The van der Waals surface area contributed by atoms with Crippen LogP contribution in [0.4, 0.5) is 0 Å². The van der Waals surface area contributed by atoms with E-state index in [0.717, 1.165) is 18.1 Å². The quantitative estimate of drug-likeness (QED) is 0.719.